The minimum Gasteiger partial charge on any atom is -0.355 e. The van der Waals surface area contributed by atoms with Crippen LogP contribution >= 0.6 is 24.0 Å². The number of halogens is 4. The van der Waals surface area contributed by atoms with E-state index in [1.165, 1.54) is 12.1 Å². The first-order valence-corrected chi connectivity index (χ1v) is 9.91. The van der Waals surface area contributed by atoms with Gasteiger partial charge < -0.3 is 15.2 Å². The van der Waals surface area contributed by atoms with Crippen molar-refractivity contribution in [1.29, 1.82) is 0 Å². The molecule has 1 aromatic heterocycles. The Hall–Kier alpha value is -2.11. The summed E-state index contributed by atoms with van der Waals surface area (Å²) in [5.41, 5.74) is -0.232. The molecule has 0 spiro atoms. The number of hydrogen-bond acceptors (Lipinski definition) is 3. The molecule has 1 saturated carbocycles. The van der Waals surface area contributed by atoms with Crippen molar-refractivity contribution in [2.75, 3.05) is 13.1 Å². The number of aryl methyl sites for hydroxylation is 1. The minimum absolute atomic E-state index is 0. The molecule has 0 saturated heterocycles. The third-order valence-corrected chi connectivity index (χ3v) is 5.68. The van der Waals surface area contributed by atoms with Gasteiger partial charge in [0.1, 0.15) is 12.4 Å². The number of guanidine groups is 1. The molecule has 3 rings (SSSR count). The highest BCUT2D eigenvalue weighted by Gasteiger charge is 2.40. The van der Waals surface area contributed by atoms with E-state index in [2.05, 4.69) is 32.4 Å². The number of alkyl halides is 3. The zero-order chi connectivity index (χ0) is 21.8. The van der Waals surface area contributed by atoms with Crippen LogP contribution in [0, 0.1) is 6.92 Å². The predicted molar refractivity (Wildman–Crippen MR) is 125 cm³/mol. The van der Waals surface area contributed by atoms with Crippen LogP contribution in [0.4, 0.5) is 13.2 Å². The summed E-state index contributed by atoms with van der Waals surface area (Å²) in [6, 6.07) is 5.66. The van der Waals surface area contributed by atoms with Crippen molar-refractivity contribution in [3.05, 3.63) is 59.7 Å². The number of aromatic nitrogens is 3. The fourth-order valence-corrected chi connectivity index (χ4v) is 3.53. The largest absolute Gasteiger partial charge is 0.416 e. The second kappa shape index (κ2) is 10.5. The highest BCUT2D eigenvalue weighted by Crippen LogP contribution is 2.44. The van der Waals surface area contributed by atoms with E-state index in [1.807, 2.05) is 18.5 Å². The second-order valence-corrected chi connectivity index (χ2v) is 7.62. The summed E-state index contributed by atoms with van der Waals surface area (Å²) >= 11 is 0. The van der Waals surface area contributed by atoms with Crippen LogP contribution in [0.3, 0.4) is 0 Å². The van der Waals surface area contributed by atoms with Gasteiger partial charge in [-0.2, -0.15) is 13.2 Å². The number of hydrogen-bond donors (Lipinski definition) is 2. The number of nitrogens with zero attached hydrogens (tertiary/aromatic N) is 4. The molecule has 170 valence electrons. The van der Waals surface area contributed by atoms with Crippen LogP contribution in [0.25, 0.3) is 0 Å². The molecule has 0 unspecified atom stereocenters. The van der Waals surface area contributed by atoms with Gasteiger partial charge in [-0.3, -0.25) is 0 Å². The average Bonchev–Trinajstić information content (AvgIpc) is 3.00. The fraction of sp³-hybridized carbons (Fsp3) is 0.476. The monoisotopic (exact) mass is 548 g/mol. The second-order valence-electron chi connectivity index (χ2n) is 7.62. The maximum atomic E-state index is 13.2. The predicted octanol–water partition coefficient (Wildman–Crippen LogP) is 4.10. The van der Waals surface area contributed by atoms with Gasteiger partial charge in [0.2, 0.25) is 0 Å². The molecule has 0 amide bonds. The fourth-order valence-electron chi connectivity index (χ4n) is 3.53. The first-order chi connectivity index (χ1) is 14.2. The molecule has 6 nitrogen and oxygen atoms in total. The van der Waals surface area contributed by atoms with Gasteiger partial charge in [0.15, 0.2) is 11.8 Å². The Bertz CT molecular complexity index is 918. The summed E-state index contributed by atoms with van der Waals surface area (Å²) in [6.45, 7) is 6.92. The SMILES string of the molecule is C=CCNC(=NCc1nnc(C)n1C)NCC1(c2cccc(C(F)(F)F)c2)CCC1.I. The van der Waals surface area contributed by atoms with Crippen LogP contribution < -0.4 is 10.6 Å². The Kier molecular flexibility index (Phi) is 8.49. The lowest BCUT2D eigenvalue weighted by atomic mass is 9.64. The standard InChI is InChI=1S/C21H27F3N6.HI/c1-4-11-25-19(26-13-18-29-28-15(2)30(18)3)27-14-20(9-6-10-20)16-7-5-8-17(12-16)21(22,23)24;/h4-5,7-8,12H,1,6,9-11,13-14H2,2-3H3,(H2,25,26,27);1H. The van der Waals surface area contributed by atoms with Crippen molar-refractivity contribution in [1.82, 2.24) is 25.4 Å². The Morgan fingerprint density at radius 3 is 2.58 bits per heavy atom. The summed E-state index contributed by atoms with van der Waals surface area (Å²) in [5.74, 6) is 2.09. The highest BCUT2D eigenvalue weighted by atomic mass is 127. The maximum absolute atomic E-state index is 13.2. The average molecular weight is 548 g/mol. The van der Waals surface area contributed by atoms with Gasteiger partial charge in [-0.05, 0) is 31.4 Å². The lowest BCUT2D eigenvalue weighted by Crippen LogP contribution is -2.49. The van der Waals surface area contributed by atoms with E-state index in [0.717, 1.165) is 37.0 Å². The van der Waals surface area contributed by atoms with Crippen LogP contribution in [0.2, 0.25) is 0 Å². The molecule has 2 aromatic rings. The van der Waals surface area contributed by atoms with Crippen LogP contribution in [-0.2, 0) is 25.2 Å². The van der Waals surface area contributed by atoms with Gasteiger partial charge in [-0.15, -0.1) is 40.8 Å². The van der Waals surface area contributed by atoms with E-state index in [9.17, 15) is 13.2 Å². The minimum atomic E-state index is -4.35. The molecule has 1 heterocycles. The van der Waals surface area contributed by atoms with Gasteiger partial charge in [0, 0.05) is 25.6 Å². The molecule has 2 N–H and O–H groups in total. The summed E-state index contributed by atoms with van der Waals surface area (Å²) in [5, 5.41) is 14.6. The Balaban J connectivity index is 0.00000341. The lowest BCUT2D eigenvalue weighted by molar-refractivity contribution is -0.137. The maximum Gasteiger partial charge on any atom is 0.416 e. The summed E-state index contributed by atoms with van der Waals surface area (Å²) in [4.78, 5) is 4.56. The molecule has 1 fully saturated rings. The molecule has 1 aliphatic rings. The van der Waals surface area contributed by atoms with Crippen molar-refractivity contribution >= 4 is 29.9 Å². The number of rotatable bonds is 7. The molecular formula is C21H28F3IN6. The van der Waals surface area contributed by atoms with Crippen LogP contribution in [0.1, 0.15) is 42.0 Å². The van der Waals surface area contributed by atoms with Crippen molar-refractivity contribution in [3.63, 3.8) is 0 Å². The highest BCUT2D eigenvalue weighted by molar-refractivity contribution is 14.0. The quantitative estimate of drug-likeness (QED) is 0.237. The Morgan fingerprint density at radius 2 is 2.03 bits per heavy atom. The zero-order valence-electron chi connectivity index (χ0n) is 17.7. The third-order valence-electron chi connectivity index (χ3n) is 5.68. The molecule has 0 bridgehead atoms. The lowest BCUT2D eigenvalue weighted by Gasteiger charge is -2.43. The van der Waals surface area contributed by atoms with Crippen LogP contribution in [0.5, 0.6) is 0 Å². The number of benzene rings is 1. The molecule has 0 atom stereocenters. The number of nitrogens with one attached hydrogen (secondary N) is 2. The molecule has 1 aromatic carbocycles. The van der Waals surface area contributed by atoms with Crippen molar-refractivity contribution in [3.8, 4) is 0 Å². The Morgan fingerprint density at radius 1 is 1.29 bits per heavy atom. The molecule has 1 aliphatic carbocycles. The van der Waals surface area contributed by atoms with Crippen LogP contribution in [0.15, 0.2) is 41.9 Å². The third kappa shape index (κ3) is 5.98. The number of aliphatic imine (C=N–C) groups is 1. The van der Waals surface area contributed by atoms with Crippen molar-refractivity contribution in [2.24, 2.45) is 12.0 Å². The molecular weight excluding hydrogens is 520 g/mol. The van der Waals surface area contributed by atoms with E-state index in [0.29, 0.717) is 31.2 Å². The zero-order valence-corrected chi connectivity index (χ0v) is 20.0. The Labute approximate surface area is 197 Å². The topological polar surface area (TPSA) is 67.1 Å². The van der Waals surface area contributed by atoms with Gasteiger partial charge in [-0.25, -0.2) is 4.99 Å². The van der Waals surface area contributed by atoms with Crippen LogP contribution in [-0.4, -0.2) is 33.8 Å². The van der Waals surface area contributed by atoms with Gasteiger partial charge in [0.05, 0.1) is 5.56 Å². The summed E-state index contributed by atoms with van der Waals surface area (Å²) in [6.07, 6.45) is 0.0239. The van der Waals surface area contributed by atoms with E-state index in [4.69, 9.17) is 0 Å². The van der Waals surface area contributed by atoms with E-state index in [-0.39, 0.29) is 29.4 Å². The first-order valence-electron chi connectivity index (χ1n) is 9.91. The summed E-state index contributed by atoms with van der Waals surface area (Å²) < 4.78 is 41.3. The van der Waals surface area contributed by atoms with E-state index < -0.39 is 11.7 Å². The normalized spacial score (nSPS) is 15.6. The van der Waals surface area contributed by atoms with Crippen molar-refractivity contribution in [2.45, 2.75) is 44.3 Å². The molecule has 31 heavy (non-hydrogen) atoms. The first kappa shape index (κ1) is 25.2. The van der Waals surface area contributed by atoms with Gasteiger partial charge in [0.25, 0.3) is 0 Å². The van der Waals surface area contributed by atoms with E-state index >= 15 is 0 Å². The molecule has 0 aliphatic heterocycles. The van der Waals surface area contributed by atoms with E-state index in [1.54, 1.807) is 12.1 Å². The molecule has 10 heteroatoms. The van der Waals surface area contributed by atoms with Gasteiger partial charge >= 0.3 is 6.18 Å². The molecule has 0 radical (unpaired) electrons. The summed E-state index contributed by atoms with van der Waals surface area (Å²) in [7, 11) is 1.88. The van der Waals surface area contributed by atoms with Crippen molar-refractivity contribution < 1.29 is 13.2 Å². The van der Waals surface area contributed by atoms with Gasteiger partial charge in [-0.1, -0.05) is 30.7 Å². The smallest absolute Gasteiger partial charge is 0.355 e.